The fraction of sp³-hybridized carbons (Fsp3) is 0.625. The monoisotopic (exact) mass is 245 g/mol. The summed E-state index contributed by atoms with van der Waals surface area (Å²) in [5, 5.41) is 0. The van der Waals surface area contributed by atoms with Crippen molar-refractivity contribution in [2.24, 2.45) is 0 Å². The standard InChI is InChI=1S/C16H23NO/c1-2-3-10-16-11-7-12-17(16)15(13-18-16)14-8-5-4-6-9-14/h4-6,8-9,15H,2-3,7,10-13H2,1H3/t15-,16-/m1/s1. The number of unbranched alkanes of at least 4 members (excludes halogenated alkanes) is 1. The number of fused-ring (bicyclic) bond motifs is 1. The molecule has 2 aliphatic rings. The van der Waals surface area contributed by atoms with Gasteiger partial charge in [0.2, 0.25) is 0 Å². The van der Waals surface area contributed by atoms with E-state index in [9.17, 15) is 0 Å². The van der Waals surface area contributed by atoms with E-state index in [2.05, 4.69) is 42.2 Å². The molecule has 2 heterocycles. The smallest absolute Gasteiger partial charge is 0.122 e. The van der Waals surface area contributed by atoms with Crippen LogP contribution in [0.1, 0.15) is 50.6 Å². The maximum absolute atomic E-state index is 6.26. The number of nitrogens with zero attached hydrogens (tertiary/aromatic N) is 1. The molecule has 1 aromatic carbocycles. The zero-order valence-corrected chi connectivity index (χ0v) is 11.3. The minimum Gasteiger partial charge on any atom is -0.358 e. The van der Waals surface area contributed by atoms with E-state index in [1.807, 2.05) is 0 Å². The van der Waals surface area contributed by atoms with Gasteiger partial charge in [-0.25, -0.2) is 0 Å². The van der Waals surface area contributed by atoms with Crippen molar-refractivity contribution >= 4 is 0 Å². The van der Waals surface area contributed by atoms with E-state index in [1.165, 1.54) is 44.2 Å². The molecule has 0 aromatic heterocycles. The molecule has 2 fully saturated rings. The van der Waals surface area contributed by atoms with Crippen molar-refractivity contribution in [2.45, 2.75) is 50.8 Å². The van der Waals surface area contributed by atoms with Crippen molar-refractivity contribution in [2.75, 3.05) is 13.2 Å². The lowest BCUT2D eigenvalue weighted by molar-refractivity contribution is -0.0684. The van der Waals surface area contributed by atoms with Gasteiger partial charge in [-0.3, -0.25) is 4.90 Å². The predicted molar refractivity (Wildman–Crippen MR) is 73.3 cm³/mol. The molecule has 0 saturated carbocycles. The highest BCUT2D eigenvalue weighted by molar-refractivity contribution is 5.21. The summed E-state index contributed by atoms with van der Waals surface area (Å²) in [6.07, 6.45) is 6.24. The van der Waals surface area contributed by atoms with Gasteiger partial charge in [0.05, 0.1) is 12.6 Å². The Kier molecular flexibility index (Phi) is 3.40. The Labute approximate surface area is 110 Å². The second-order valence-electron chi connectivity index (χ2n) is 5.58. The molecule has 2 nitrogen and oxygen atoms in total. The first-order valence-corrected chi connectivity index (χ1v) is 7.31. The van der Waals surface area contributed by atoms with Gasteiger partial charge >= 0.3 is 0 Å². The summed E-state index contributed by atoms with van der Waals surface area (Å²) >= 11 is 0. The normalized spacial score (nSPS) is 31.7. The Balaban J connectivity index is 1.80. The second-order valence-corrected chi connectivity index (χ2v) is 5.58. The van der Waals surface area contributed by atoms with Crippen LogP contribution in [0.4, 0.5) is 0 Å². The van der Waals surface area contributed by atoms with E-state index in [0.717, 1.165) is 6.61 Å². The van der Waals surface area contributed by atoms with Gasteiger partial charge in [-0.05, 0) is 31.2 Å². The molecule has 3 rings (SSSR count). The van der Waals surface area contributed by atoms with E-state index < -0.39 is 0 Å². The quantitative estimate of drug-likeness (QED) is 0.801. The summed E-state index contributed by atoms with van der Waals surface area (Å²) in [6.45, 7) is 4.33. The minimum atomic E-state index is 0.0660. The van der Waals surface area contributed by atoms with Crippen LogP contribution in [-0.2, 0) is 4.74 Å². The van der Waals surface area contributed by atoms with E-state index in [-0.39, 0.29) is 5.72 Å². The molecule has 2 atom stereocenters. The number of hydrogen-bond acceptors (Lipinski definition) is 2. The molecular weight excluding hydrogens is 222 g/mol. The third kappa shape index (κ3) is 1.98. The Morgan fingerprint density at radius 2 is 2.17 bits per heavy atom. The highest BCUT2D eigenvalue weighted by Gasteiger charge is 2.50. The van der Waals surface area contributed by atoms with E-state index in [1.54, 1.807) is 0 Å². The predicted octanol–water partition coefficient (Wildman–Crippen LogP) is 3.74. The van der Waals surface area contributed by atoms with Crippen molar-refractivity contribution < 1.29 is 4.74 Å². The maximum Gasteiger partial charge on any atom is 0.122 e. The summed E-state index contributed by atoms with van der Waals surface area (Å²) in [7, 11) is 0. The van der Waals surface area contributed by atoms with Gasteiger partial charge in [-0.1, -0.05) is 43.7 Å². The molecule has 0 N–H and O–H groups in total. The third-order valence-corrected chi connectivity index (χ3v) is 4.48. The van der Waals surface area contributed by atoms with E-state index >= 15 is 0 Å². The van der Waals surface area contributed by atoms with Crippen molar-refractivity contribution in [1.29, 1.82) is 0 Å². The molecule has 1 aromatic rings. The second kappa shape index (κ2) is 5.02. The Hall–Kier alpha value is -0.860. The summed E-state index contributed by atoms with van der Waals surface area (Å²) in [5.74, 6) is 0. The van der Waals surface area contributed by atoms with Crippen molar-refractivity contribution in [3.8, 4) is 0 Å². The molecule has 0 bridgehead atoms. The van der Waals surface area contributed by atoms with Crippen LogP contribution in [0.25, 0.3) is 0 Å². The third-order valence-electron chi connectivity index (χ3n) is 4.48. The number of hydrogen-bond donors (Lipinski definition) is 0. The molecule has 2 aliphatic heterocycles. The topological polar surface area (TPSA) is 12.5 Å². The average Bonchev–Trinajstić information content (AvgIpc) is 2.96. The average molecular weight is 245 g/mol. The van der Waals surface area contributed by atoms with Crippen LogP contribution in [0.2, 0.25) is 0 Å². The zero-order valence-electron chi connectivity index (χ0n) is 11.3. The van der Waals surface area contributed by atoms with Crippen LogP contribution in [0, 0.1) is 0 Å². The first kappa shape index (κ1) is 12.2. The summed E-state index contributed by atoms with van der Waals surface area (Å²) < 4.78 is 6.26. The number of ether oxygens (including phenoxy) is 1. The van der Waals surface area contributed by atoms with Gasteiger partial charge in [0, 0.05) is 6.54 Å². The molecule has 0 radical (unpaired) electrons. The summed E-state index contributed by atoms with van der Waals surface area (Å²) in [4.78, 5) is 2.62. The van der Waals surface area contributed by atoms with Gasteiger partial charge in [-0.2, -0.15) is 0 Å². The number of rotatable bonds is 4. The molecule has 0 aliphatic carbocycles. The van der Waals surface area contributed by atoms with Gasteiger partial charge < -0.3 is 4.74 Å². The fourth-order valence-electron chi connectivity index (χ4n) is 3.54. The molecule has 0 spiro atoms. The first-order chi connectivity index (χ1) is 8.86. The molecule has 2 saturated heterocycles. The van der Waals surface area contributed by atoms with Crippen LogP contribution >= 0.6 is 0 Å². The maximum atomic E-state index is 6.26. The van der Waals surface area contributed by atoms with Crippen LogP contribution in [-0.4, -0.2) is 23.8 Å². The highest BCUT2D eigenvalue weighted by Crippen LogP contribution is 2.46. The fourth-order valence-corrected chi connectivity index (χ4v) is 3.54. The SMILES string of the molecule is CCCC[C@@]12CCCN1[C@@H](c1ccccc1)CO2. The van der Waals surface area contributed by atoms with Crippen molar-refractivity contribution in [1.82, 2.24) is 4.90 Å². The lowest BCUT2D eigenvalue weighted by atomic mass is 10.0. The highest BCUT2D eigenvalue weighted by atomic mass is 16.5. The Bertz CT molecular complexity index is 391. The van der Waals surface area contributed by atoms with Gasteiger partial charge in [-0.15, -0.1) is 0 Å². The molecule has 0 amide bonds. The van der Waals surface area contributed by atoms with Crippen LogP contribution in [0.5, 0.6) is 0 Å². The van der Waals surface area contributed by atoms with Crippen LogP contribution < -0.4 is 0 Å². The van der Waals surface area contributed by atoms with Gasteiger partial charge in [0.1, 0.15) is 5.72 Å². The molecule has 0 unspecified atom stereocenters. The minimum absolute atomic E-state index is 0.0660. The molecule has 2 heteroatoms. The lowest BCUT2D eigenvalue weighted by Gasteiger charge is -2.33. The summed E-state index contributed by atoms with van der Waals surface area (Å²) in [5.41, 5.74) is 1.48. The van der Waals surface area contributed by atoms with Crippen molar-refractivity contribution in [3.05, 3.63) is 35.9 Å². The van der Waals surface area contributed by atoms with Crippen LogP contribution in [0.3, 0.4) is 0 Å². The lowest BCUT2D eigenvalue weighted by Crippen LogP contribution is -2.40. The number of benzene rings is 1. The molecule has 98 valence electrons. The first-order valence-electron chi connectivity index (χ1n) is 7.31. The zero-order chi connectivity index (χ0) is 12.4. The molecular formula is C16H23NO. The van der Waals surface area contributed by atoms with E-state index in [0.29, 0.717) is 6.04 Å². The largest absolute Gasteiger partial charge is 0.358 e. The summed E-state index contributed by atoms with van der Waals surface area (Å²) in [6, 6.07) is 11.3. The van der Waals surface area contributed by atoms with Crippen LogP contribution in [0.15, 0.2) is 30.3 Å². The Morgan fingerprint density at radius 1 is 1.33 bits per heavy atom. The van der Waals surface area contributed by atoms with Gasteiger partial charge in [0.15, 0.2) is 0 Å². The van der Waals surface area contributed by atoms with E-state index in [4.69, 9.17) is 4.74 Å². The Morgan fingerprint density at radius 3 is 2.94 bits per heavy atom. The molecule has 18 heavy (non-hydrogen) atoms. The van der Waals surface area contributed by atoms with Gasteiger partial charge in [0.25, 0.3) is 0 Å². The van der Waals surface area contributed by atoms with Crippen molar-refractivity contribution in [3.63, 3.8) is 0 Å².